The number of carbonyl (C=O) groups excluding carboxylic acids is 2. The van der Waals surface area contributed by atoms with Crippen molar-refractivity contribution in [1.82, 2.24) is 5.32 Å². The normalized spacial score (nSPS) is 12.5. The van der Waals surface area contributed by atoms with Gasteiger partial charge < -0.3 is 20.3 Å². The van der Waals surface area contributed by atoms with Gasteiger partial charge in [-0.25, -0.2) is 0 Å². The van der Waals surface area contributed by atoms with Gasteiger partial charge in [-0.2, -0.15) is 0 Å². The first-order valence-corrected chi connectivity index (χ1v) is 30.8. The summed E-state index contributed by atoms with van der Waals surface area (Å²) in [5.74, 6) is -0.0384. The van der Waals surface area contributed by atoms with E-state index in [1.165, 1.54) is 270 Å². The minimum atomic E-state index is -0.671. The molecule has 0 spiro atoms. The van der Waals surface area contributed by atoms with E-state index < -0.39 is 12.1 Å². The molecule has 0 saturated carbocycles. The number of amides is 1. The van der Waals surface area contributed by atoms with Crippen molar-refractivity contribution in [3.05, 3.63) is 0 Å². The Morgan fingerprint density at radius 2 is 0.612 bits per heavy atom. The number of carbonyl (C=O) groups is 2. The Morgan fingerprint density at radius 1 is 0.358 bits per heavy atom. The molecule has 6 nitrogen and oxygen atoms in total. The monoisotopic (exact) mass is 948 g/mol. The quantitative estimate of drug-likeness (QED) is 0.0417. The lowest BCUT2D eigenvalue weighted by atomic mass is 10.0. The van der Waals surface area contributed by atoms with Gasteiger partial charge in [-0.15, -0.1) is 0 Å². The molecule has 0 aliphatic rings. The fraction of sp³-hybridized carbons (Fsp3) is 0.967. The lowest BCUT2D eigenvalue weighted by molar-refractivity contribution is -0.143. The van der Waals surface area contributed by atoms with Crippen LogP contribution in [0, 0.1) is 0 Å². The van der Waals surface area contributed by atoms with Crippen LogP contribution in [-0.2, 0) is 14.3 Å². The zero-order valence-electron chi connectivity index (χ0n) is 45.7. The number of unbranched alkanes of at least 4 members (excludes halogenated alkanes) is 47. The summed E-state index contributed by atoms with van der Waals surface area (Å²) in [5.41, 5.74) is 0. The summed E-state index contributed by atoms with van der Waals surface area (Å²) in [4.78, 5) is 24.6. The molecular weight excluding hydrogens is 827 g/mol. The van der Waals surface area contributed by atoms with Crippen molar-refractivity contribution < 1.29 is 24.5 Å². The average molecular weight is 949 g/mol. The van der Waals surface area contributed by atoms with Gasteiger partial charge in [0.2, 0.25) is 5.91 Å². The number of ether oxygens (including phenoxy) is 1. The first-order valence-electron chi connectivity index (χ1n) is 30.8. The van der Waals surface area contributed by atoms with Crippen LogP contribution in [0.25, 0.3) is 0 Å². The van der Waals surface area contributed by atoms with Crippen LogP contribution in [0.3, 0.4) is 0 Å². The number of nitrogens with one attached hydrogen (secondary N) is 1. The van der Waals surface area contributed by atoms with Crippen LogP contribution in [0.2, 0.25) is 0 Å². The second-order valence-electron chi connectivity index (χ2n) is 21.4. The Bertz CT molecular complexity index is 959. The minimum Gasteiger partial charge on any atom is -0.466 e. The molecule has 0 aromatic rings. The molecule has 1 amide bonds. The molecule has 67 heavy (non-hydrogen) atoms. The zero-order valence-corrected chi connectivity index (χ0v) is 45.7. The van der Waals surface area contributed by atoms with Gasteiger partial charge in [-0.1, -0.05) is 316 Å². The van der Waals surface area contributed by atoms with Crippen molar-refractivity contribution in [2.75, 3.05) is 13.2 Å². The third-order valence-corrected chi connectivity index (χ3v) is 14.7. The molecule has 400 valence electrons. The highest BCUT2D eigenvalue weighted by Crippen LogP contribution is 2.18. The zero-order chi connectivity index (χ0) is 48.6. The van der Waals surface area contributed by atoms with Gasteiger partial charge in [-0.3, -0.25) is 9.59 Å². The standard InChI is InChI=1S/C61H121NO5/c1-3-5-7-9-11-13-15-17-19-20-21-22-23-24-26-29-33-37-41-45-49-53-59(64)58(57-63)62-60(65)54-50-46-42-38-34-30-27-28-32-36-40-44-48-52-56-67-61(66)55-51-47-43-39-35-31-25-18-16-14-12-10-8-6-4-2/h58-59,63-64H,3-57H2,1-2H3,(H,62,65). The molecule has 6 heteroatoms. The SMILES string of the molecule is CCCCCCCCCCCCCCCCCCCCCCCC(O)C(CO)NC(=O)CCCCCCCCCCCCCCCCOC(=O)CCCCCCCCCCCCCCCCC. The van der Waals surface area contributed by atoms with Gasteiger partial charge in [0.05, 0.1) is 25.4 Å². The predicted octanol–water partition coefficient (Wildman–Crippen LogP) is 19.1. The van der Waals surface area contributed by atoms with E-state index in [1.807, 2.05) is 0 Å². The Morgan fingerprint density at radius 3 is 0.910 bits per heavy atom. The maximum atomic E-state index is 12.5. The minimum absolute atomic E-state index is 0.00224. The molecule has 0 aliphatic carbocycles. The Balaban J connectivity index is 3.42. The number of hydrogen-bond acceptors (Lipinski definition) is 5. The first kappa shape index (κ1) is 65.9. The lowest BCUT2D eigenvalue weighted by Gasteiger charge is -2.22. The lowest BCUT2D eigenvalue weighted by Crippen LogP contribution is -2.45. The first-order chi connectivity index (χ1) is 33.0. The number of esters is 1. The number of hydrogen-bond donors (Lipinski definition) is 3. The molecule has 0 bridgehead atoms. The summed E-state index contributed by atoms with van der Waals surface area (Å²) < 4.78 is 5.48. The van der Waals surface area contributed by atoms with Crippen LogP contribution in [0.1, 0.15) is 354 Å². The van der Waals surface area contributed by atoms with Crippen molar-refractivity contribution >= 4 is 11.9 Å². The Hall–Kier alpha value is -1.14. The van der Waals surface area contributed by atoms with Crippen molar-refractivity contribution in [3.8, 4) is 0 Å². The highest BCUT2D eigenvalue weighted by molar-refractivity contribution is 5.76. The third kappa shape index (κ3) is 54.0. The molecule has 0 heterocycles. The van der Waals surface area contributed by atoms with Crippen molar-refractivity contribution in [2.45, 2.75) is 366 Å². The van der Waals surface area contributed by atoms with E-state index in [0.717, 1.165) is 51.4 Å². The molecule has 2 atom stereocenters. The van der Waals surface area contributed by atoms with Crippen molar-refractivity contribution in [1.29, 1.82) is 0 Å². The molecule has 0 aliphatic heterocycles. The largest absolute Gasteiger partial charge is 0.466 e. The maximum Gasteiger partial charge on any atom is 0.305 e. The highest BCUT2D eigenvalue weighted by atomic mass is 16.5. The van der Waals surface area contributed by atoms with Gasteiger partial charge >= 0.3 is 5.97 Å². The van der Waals surface area contributed by atoms with Crippen LogP contribution in [0.5, 0.6) is 0 Å². The summed E-state index contributed by atoms with van der Waals surface area (Å²) in [6.07, 6.45) is 66.7. The summed E-state index contributed by atoms with van der Waals surface area (Å²) in [5, 5.41) is 23.4. The molecule has 2 unspecified atom stereocenters. The Kier molecular flexibility index (Phi) is 56.5. The Labute approximate surface area is 419 Å². The summed E-state index contributed by atoms with van der Waals surface area (Å²) in [7, 11) is 0. The van der Waals surface area contributed by atoms with Crippen LogP contribution in [-0.4, -0.2) is 47.4 Å². The second kappa shape index (κ2) is 57.4. The van der Waals surface area contributed by atoms with Crippen LogP contribution in [0.15, 0.2) is 0 Å². The fourth-order valence-electron chi connectivity index (χ4n) is 9.94. The molecule has 0 saturated heterocycles. The van der Waals surface area contributed by atoms with Crippen LogP contribution in [0.4, 0.5) is 0 Å². The van der Waals surface area contributed by atoms with E-state index >= 15 is 0 Å². The van der Waals surface area contributed by atoms with Crippen molar-refractivity contribution in [3.63, 3.8) is 0 Å². The number of aliphatic hydroxyl groups is 2. The van der Waals surface area contributed by atoms with E-state index in [1.54, 1.807) is 0 Å². The van der Waals surface area contributed by atoms with Gasteiger partial charge in [-0.05, 0) is 25.7 Å². The van der Waals surface area contributed by atoms with Gasteiger partial charge in [0, 0.05) is 12.8 Å². The van der Waals surface area contributed by atoms with E-state index in [0.29, 0.717) is 25.9 Å². The molecule has 0 fully saturated rings. The van der Waals surface area contributed by atoms with Crippen LogP contribution < -0.4 is 5.32 Å². The molecule has 0 rings (SSSR count). The summed E-state index contributed by atoms with van der Waals surface area (Å²) >= 11 is 0. The van der Waals surface area contributed by atoms with Crippen molar-refractivity contribution in [2.24, 2.45) is 0 Å². The molecule has 0 aromatic heterocycles. The topological polar surface area (TPSA) is 95.9 Å². The number of aliphatic hydroxyl groups excluding tert-OH is 2. The average Bonchev–Trinajstić information content (AvgIpc) is 3.33. The van der Waals surface area contributed by atoms with Gasteiger partial charge in [0.25, 0.3) is 0 Å². The summed E-state index contributed by atoms with van der Waals surface area (Å²) in [6.45, 7) is 4.97. The molecule has 3 N–H and O–H groups in total. The van der Waals surface area contributed by atoms with Gasteiger partial charge in [0.15, 0.2) is 0 Å². The molecule has 0 radical (unpaired) electrons. The van der Waals surface area contributed by atoms with E-state index in [4.69, 9.17) is 4.74 Å². The number of rotatable bonds is 58. The highest BCUT2D eigenvalue weighted by Gasteiger charge is 2.20. The third-order valence-electron chi connectivity index (χ3n) is 14.7. The molecule has 0 aromatic carbocycles. The van der Waals surface area contributed by atoms with Crippen LogP contribution >= 0.6 is 0 Å². The van der Waals surface area contributed by atoms with E-state index in [-0.39, 0.29) is 18.5 Å². The summed E-state index contributed by atoms with van der Waals surface area (Å²) in [6, 6.07) is -0.549. The predicted molar refractivity (Wildman–Crippen MR) is 292 cm³/mol. The maximum absolute atomic E-state index is 12.5. The molecular formula is C61H121NO5. The van der Waals surface area contributed by atoms with E-state index in [9.17, 15) is 19.8 Å². The fourth-order valence-corrected chi connectivity index (χ4v) is 9.94. The second-order valence-corrected chi connectivity index (χ2v) is 21.4. The van der Waals surface area contributed by atoms with E-state index in [2.05, 4.69) is 19.2 Å². The van der Waals surface area contributed by atoms with Gasteiger partial charge in [0.1, 0.15) is 0 Å². The smallest absolute Gasteiger partial charge is 0.305 e.